The summed E-state index contributed by atoms with van der Waals surface area (Å²) in [6.45, 7) is 3.90. The number of ether oxygens (including phenoxy) is 2. The number of hydrogen-bond donors (Lipinski definition) is 1. The standard InChI is InChI=1S/C21H25FN2O3/c1-2-26-20-11-15(8-9-19(20)27-14-21(23)25)13-24-10-4-7-18(24)16-5-3-6-17(22)12-16/h3,5-6,8-9,11-12,18H,2,4,7,10,13-14H2,1H3,(H2,23,25)/t18-/m1/s1. The quantitative estimate of drug-likeness (QED) is 0.771. The van der Waals surface area contributed by atoms with Crippen LogP contribution in [-0.2, 0) is 11.3 Å². The molecule has 0 spiro atoms. The molecule has 2 aromatic carbocycles. The predicted molar refractivity (Wildman–Crippen MR) is 101 cm³/mol. The molecule has 2 aromatic rings. The van der Waals surface area contributed by atoms with Gasteiger partial charge in [0, 0.05) is 12.6 Å². The van der Waals surface area contributed by atoms with Gasteiger partial charge in [-0.05, 0) is 61.7 Å². The Hall–Kier alpha value is -2.60. The molecule has 1 aliphatic rings. The summed E-state index contributed by atoms with van der Waals surface area (Å²) in [6, 6.07) is 12.7. The summed E-state index contributed by atoms with van der Waals surface area (Å²) < 4.78 is 24.7. The van der Waals surface area contributed by atoms with Crippen LogP contribution in [-0.4, -0.2) is 30.6 Å². The molecule has 6 heteroatoms. The fraction of sp³-hybridized carbons (Fsp3) is 0.381. The number of hydrogen-bond acceptors (Lipinski definition) is 4. The number of carbonyl (C=O) groups excluding carboxylic acids is 1. The van der Waals surface area contributed by atoms with E-state index in [1.165, 1.54) is 6.07 Å². The van der Waals surface area contributed by atoms with Crippen molar-refractivity contribution in [1.29, 1.82) is 0 Å². The zero-order chi connectivity index (χ0) is 19.2. The van der Waals surface area contributed by atoms with Gasteiger partial charge >= 0.3 is 0 Å². The monoisotopic (exact) mass is 372 g/mol. The van der Waals surface area contributed by atoms with E-state index in [0.29, 0.717) is 18.1 Å². The van der Waals surface area contributed by atoms with Gasteiger partial charge in [-0.1, -0.05) is 18.2 Å². The third-order valence-corrected chi connectivity index (χ3v) is 4.66. The normalized spacial score (nSPS) is 17.0. The Kier molecular flexibility index (Phi) is 6.29. The van der Waals surface area contributed by atoms with Crippen molar-refractivity contribution in [2.45, 2.75) is 32.4 Å². The van der Waals surface area contributed by atoms with Gasteiger partial charge in [-0.2, -0.15) is 0 Å². The van der Waals surface area contributed by atoms with E-state index in [2.05, 4.69) is 4.90 Å². The molecule has 1 fully saturated rings. The largest absolute Gasteiger partial charge is 0.490 e. The molecule has 1 amide bonds. The number of rotatable bonds is 8. The van der Waals surface area contributed by atoms with Crippen LogP contribution in [0.1, 0.15) is 36.9 Å². The fourth-order valence-electron chi connectivity index (χ4n) is 3.53. The van der Waals surface area contributed by atoms with Crippen LogP contribution in [0.3, 0.4) is 0 Å². The van der Waals surface area contributed by atoms with Gasteiger partial charge in [0.05, 0.1) is 6.61 Å². The molecule has 144 valence electrons. The lowest BCUT2D eigenvalue weighted by Gasteiger charge is -2.25. The Morgan fingerprint density at radius 2 is 2.07 bits per heavy atom. The second-order valence-electron chi connectivity index (χ2n) is 6.65. The lowest BCUT2D eigenvalue weighted by Crippen LogP contribution is -2.23. The van der Waals surface area contributed by atoms with E-state index in [0.717, 1.165) is 37.1 Å². The zero-order valence-electron chi connectivity index (χ0n) is 15.5. The van der Waals surface area contributed by atoms with Crippen LogP contribution in [0.2, 0.25) is 0 Å². The van der Waals surface area contributed by atoms with Gasteiger partial charge in [0.15, 0.2) is 18.1 Å². The van der Waals surface area contributed by atoms with Crippen molar-refractivity contribution in [1.82, 2.24) is 4.90 Å². The molecule has 27 heavy (non-hydrogen) atoms. The van der Waals surface area contributed by atoms with Crippen LogP contribution in [0.4, 0.5) is 4.39 Å². The Labute approximate surface area is 158 Å². The number of nitrogens with two attached hydrogens (primary N) is 1. The van der Waals surface area contributed by atoms with Crippen molar-refractivity contribution in [3.63, 3.8) is 0 Å². The second kappa shape index (κ2) is 8.86. The molecule has 0 saturated carbocycles. The van der Waals surface area contributed by atoms with Gasteiger partial charge in [-0.3, -0.25) is 9.69 Å². The van der Waals surface area contributed by atoms with Crippen molar-refractivity contribution in [3.05, 3.63) is 59.4 Å². The van der Waals surface area contributed by atoms with Gasteiger partial charge in [-0.15, -0.1) is 0 Å². The zero-order valence-corrected chi connectivity index (χ0v) is 15.5. The van der Waals surface area contributed by atoms with Crippen LogP contribution >= 0.6 is 0 Å². The minimum Gasteiger partial charge on any atom is -0.490 e. The van der Waals surface area contributed by atoms with Crippen LogP contribution in [0.5, 0.6) is 11.5 Å². The first-order valence-electron chi connectivity index (χ1n) is 9.23. The number of amides is 1. The maximum absolute atomic E-state index is 13.6. The van der Waals surface area contributed by atoms with Gasteiger partial charge in [0.1, 0.15) is 5.82 Å². The first kappa shape index (κ1) is 19.2. The first-order chi connectivity index (χ1) is 13.1. The summed E-state index contributed by atoms with van der Waals surface area (Å²) in [5.41, 5.74) is 7.24. The number of carbonyl (C=O) groups is 1. The Morgan fingerprint density at radius 1 is 1.22 bits per heavy atom. The number of likely N-dealkylation sites (tertiary alicyclic amines) is 1. The molecule has 1 atom stereocenters. The number of benzene rings is 2. The highest BCUT2D eigenvalue weighted by Crippen LogP contribution is 2.35. The van der Waals surface area contributed by atoms with E-state index in [4.69, 9.17) is 15.2 Å². The van der Waals surface area contributed by atoms with Crippen LogP contribution in [0, 0.1) is 5.82 Å². The minimum atomic E-state index is -0.531. The topological polar surface area (TPSA) is 64.8 Å². The molecule has 0 bridgehead atoms. The molecule has 0 radical (unpaired) electrons. The minimum absolute atomic E-state index is 0.187. The molecule has 0 unspecified atom stereocenters. The molecular weight excluding hydrogens is 347 g/mol. The maximum atomic E-state index is 13.6. The van der Waals surface area contributed by atoms with Crippen molar-refractivity contribution >= 4 is 5.91 Å². The lowest BCUT2D eigenvalue weighted by molar-refractivity contribution is -0.119. The molecule has 0 aromatic heterocycles. The van der Waals surface area contributed by atoms with Gasteiger partial charge in [-0.25, -0.2) is 4.39 Å². The molecular formula is C21H25FN2O3. The summed E-state index contributed by atoms with van der Waals surface area (Å²) >= 11 is 0. The molecule has 1 saturated heterocycles. The number of primary amides is 1. The van der Waals surface area contributed by atoms with E-state index in [9.17, 15) is 9.18 Å². The summed E-state index contributed by atoms with van der Waals surface area (Å²) in [5, 5.41) is 0. The maximum Gasteiger partial charge on any atom is 0.255 e. The summed E-state index contributed by atoms with van der Waals surface area (Å²) in [6.07, 6.45) is 2.10. The summed E-state index contributed by atoms with van der Waals surface area (Å²) in [7, 11) is 0. The van der Waals surface area contributed by atoms with E-state index in [1.54, 1.807) is 18.2 Å². The van der Waals surface area contributed by atoms with E-state index >= 15 is 0 Å². The van der Waals surface area contributed by atoms with Crippen LogP contribution < -0.4 is 15.2 Å². The second-order valence-corrected chi connectivity index (χ2v) is 6.65. The Balaban J connectivity index is 1.75. The Morgan fingerprint density at radius 3 is 2.81 bits per heavy atom. The average Bonchev–Trinajstić information content (AvgIpc) is 3.09. The van der Waals surface area contributed by atoms with Crippen molar-refractivity contribution < 1.29 is 18.7 Å². The lowest BCUT2D eigenvalue weighted by atomic mass is 10.0. The Bertz CT molecular complexity index is 797. The molecule has 1 heterocycles. The number of nitrogens with zero attached hydrogens (tertiary/aromatic N) is 1. The SMILES string of the molecule is CCOc1cc(CN2CCC[C@@H]2c2cccc(F)c2)ccc1OCC(N)=O. The van der Waals surface area contributed by atoms with Crippen LogP contribution in [0.25, 0.3) is 0 Å². The third kappa shape index (κ3) is 4.98. The van der Waals surface area contributed by atoms with Crippen molar-refractivity contribution in [2.24, 2.45) is 5.73 Å². The molecule has 3 rings (SSSR count). The van der Waals surface area contributed by atoms with Crippen LogP contribution in [0.15, 0.2) is 42.5 Å². The van der Waals surface area contributed by atoms with Gasteiger partial charge < -0.3 is 15.2 Å². The molecule has 2 N–H and O–H groups in total. The summed E-state index contributed by atoms with van der Waals surface area (Å²) in [4.78, 5) is 13.3. The van der Waals surface area contributed by atoms with Crippen molar-refractivity contribution in [3.8, 4) is 11.5 Å². The van der Waals surface area contributed by atoms with Crippen molar-refractivity contribution in [2.75, 3.05) is 19.8 Å². The van der Waals surface area contributed by atoms with E-state index in [-0.39, 0.29) is 18.5 Å². The van der Waals surface area contributed by atoms with Gasteiger partial charge in [0.25, 0.3) is 5.91 Å². The highest BCUT2D eigenvalue weighted by atomic mass is 19.1. The van der Waals surface area contributed by atoms with E-state index in [1.807, 2.05) is 25.1 Å². The smallest absolute Gasteiger partial charge is 0.255 e. The third-order valence-electron chi connectivity index (χ3n) is 4.66. The molecule has 0 aliphatic carbocycles. The molecule has 5 nitrogen and oxygen atoms in total. The summed E-state index contributed by atoms with van der Waals surface area (Å²) in [5.74, 6) is 0.366. The average molecular weight is 372 g/mol. The fourth-order valence-corrected chi connectivity index (χ4v) is 3.53. The van der Waals surface area contributed by atoms with Gasteiger partial charge in [0.2, 0.25) is 0 Å². The first-order valence-corrected chi connectivity index (χ1v) is 9.23. The molecule has 1 aliphatic heterocycles. The highest BCUT2D eigenvalue weighted by molar-refractivity contribution is 5.75. The highest BCUT2D eigenvalue weighted by Gasteiger charge is 2.26. The number of halogens is 1. The predicted octanol–water partition coefficient (Wildman–Crippen LogP) is 3.43. The van der Waals surface area contributed by atoms with E-state index < -0.39 is 5.91 Å².